The zero-order valence-electron chi connectivity index (χ0n) is 12.6. The second kappa shape index (κ2) is 7.21. The summed E-state index contributed by atoms with van der Waals surface area (Å²) in [4.78, 5) is 2.59. The fraction of sp³-hybridized carbons (Fsp3) is 0.647. The number of aliphatic hydroxyl groups excluding tert-OH is 1. The van der Waals surface area contributed by atoms with Crippen LogP contribution >= 0.6 is 0 Å². The molecule has 0 radical (unpaired) electrons. The van der Waals surface area contributed by atoms with E-state index in [1.165, 1.54) is 31.2 Å². The van der Waals surface area contributed by atoms with E-state index < -0.39 is 0 Å². The van der Waals surface area contributed by atoms with E-state index in [2.05, 4.69) is 24.0 Å². The molecule has 0 spiro atoms. The predicted octanol–water partition coefficient (Wildman–Crippen LogP) is 2.66. The van der Waals surface area contributed by atoms with Gasteiger partial charge in [0.2, 0.25) is 0 Å². The van der Waals surface area contributed by atoms with Crippen molar-refractivity contribution in [3.05, 3.63) is 35.4 Å². The van der Waals surface area contributed by atoms with Crippen LogP contribution in [0.3, 0.4) is 0 Å². The highest BCUT2D eigenvalue weighted by atomic mass is 16.3. The molecule has 1 aliphatic carbocycles. The van der Waals surface area contributed by atoms with Crippen LogP contribution in [0.2, 0.25) is 0 Å². The summed E-state index contributed by atoms with van der Waals surface area (Å²) in [5, 5.41) is 9.12. The van der Waals surface area contributed by atoms with E-state index >= 15 is 0 Å². The molecule has 0 bridgehead atoms. The Morgan fingerprint density at radius 2 is 1.75 bits per heavy atom. The van der Waals surface area contributed by atoms with Crippen molar-refractivity contribution in [3.8, 4) is 0 Å². The van der Waals surface area contributed by atoms with Gasteiger partial charge in [-0.2, -0.15) is 0 Å². The van der Waals surface area contributed by atoms with Crippen molar-refractivity contribution in [1.82, 2.24) is 4.90 Å². The van der Waals surface area contributed by atoms with Crippen LogP contribution < -0.4 is 5.73 Å². The average molecular weight is 276 g/mol. The van der Waals surface area contributed by atoms with E-state index in [1.807, 2.05) is 12.1 Å². The number of rotatable bonds is 7. The Bertz CT molecular complexity index is 396. The zero-order valence-corrected chi connectivity index (χ0v) is 12.6. The van der Waals surface area contributed by atoms with Crippen LogP contribution in [-0.4, -0.2) is 28.6 Å². The summed E-state index contributed by atoms with van der Waals surface area (Å²) in [6, 6.07) is 8.30. The minimum Gasteiger partial charge on any atom is -0.392 e. The van der Waals surface area contributed by atoms with Crippen molar-refractivity contribution in [1.29, 1.82) is 0 Å². The molecule has 0 atom stereocenters. The Kier molecular flexibility index (Phi) is 5.58. The maximum atomic E-state index is 9.12. The summed E-state index contributed by atoms with van der Waals surface area (Å²) in [5.74, 6) is 0. The van der Waals surface area contributed by atoms with E-state index in [-0.39, 0.29) is 12.1 Å². The first kappa shape index (κ1) is 15.5. The summed E-state index contributed by atoms with van der Waals surface area (Å²) >= 11 is 0. The highest BCUT2D eigenvalue weighted by molar-refractivity contribution is 5.22. The predicted molar refractivity (Wildman–Crippen MR) is 83.3 cm³/mol. The van der Waals surface area contributed by atoms with Gasteiger partial charge in [0.25, 0.3) is 0 Å². The van der Waals surface area contributed by atoms with Gasteiger partial charge in [-0.3, -0.25) is 4.90 Å². The van der Waals surface area contributed by atoms with Crippen LogP contribution in [0.1, 0.15) is 50.2 Å². The van der Waals surface area contributed by atoms with Gasteiger partial charge in [-0.15, -0.1) is 0 Å². The number of aliphatic hydroxyl groups is 1. The standard InChI is InChI=1S/C17H28N2O/c1-2-11-19(17(14-18)9-3-4-10-17)12-15-5-7-16(13-20)8-6-15/h5-8,20H,2-4,9-14,18H2,1H3. The van der Waals surface area contributed by atoms with Crippen molar-refractivity contribution in [2.24, 2.45) is 5.73 Å². The topological polar surface area (TPSA) is 49.5 Å². The lowest BCUT2D eigenvalue weighted by Crippen LogP contribution is -2.51. The van der Waals surface area contributed by atoms with E-state index in [9.17, 15) is 0 Å². The van der Waals surface area contributed by atoms with E-state index in [0.717, 1.165) is 31.6 Å². The van der Waals surface area contributed by atoms with Crippen molar-refractivity contribution in [2.75, 3.05) is 13.1 Å². The van der Waals surface area contributed by atoms with E-state index in [0.29, 0.717) is 0 Å². The molecule has 1 saturated carbocycles. The molecular weight excluding hydrogens is 248 g/mol. The molecule has 1 fully saturated rings. The van der Waals surface area contributed by atoms with Crippen LogP contribution in [0.5, 0.6) is 0 Å². The first-order valence-corrected chi connectivity index (χ1v) is 7.88. The second-order valence-electron chi connectivity index (χ2n) is 6.03. The normalized spacial score (nSPS) is 17.8. The highest BCUT2D eigenvalue weighted by Gasteiger charge is 2.37. The SMILES string of the molecule is CCCN(Cc1ccc(CO)cc1)C1(CN)CCCC1. The van der Waals surface area contributed by atoms with Gasteiger partial charge < -0.3 is 10.8 Å². The Labute approximate surface area is 122 Å². The lowest BCUT2D eigenvalue weighted by molar-refractivity contribution is 0.0903. The third-order valence-electron chi connectivity index (χ3n) is 4.66. The molecule has 3 nitrogen and oxygen atoms in total. The Morgan fingerprint density at radius 1 is 1.15 bits per heavy atom. The summed E-state index contributed by atoms with van der Waals surface area (Å²) in [6.45, 7) is 5.20. The third-order valence-corrected chi connectivity index (χ3v) is 4.66. The van der Waals surface area contributed by atoms with Gasteiger partial charge in [-0.05, 0) is 36.9 Å². The molecule has 1 aromatic carbocycles. The smallest absolute Gasteiger partial charge is 0.0681 e. The molecule has 112 valence electrons. The quantitative estimate of drug-likeness (QED) is 0.805. The molecule has 0 aliphatic heterocycles. The molecular formula is C17H28N2O. The fourth-order valence-electron chi connectivity index (χ4n) is 3.41. The van der Waals surface area contributed by atoms with Gasteiger partial charge in [0, 0.05) is 18.6 Å². The molecule has 0 saturated heterocycles. The Morgan fingerprint density at radius 3 is 2.25 bits per heavy atom. The van der Waals surface area contributed by atoms with Crippen molar-refractivity contribution < 1.29 is 5.11 Å². The molecule has 0 aromatic heterocycles. The minimum absolute atomic E-state index is 0.117. The first-order chi connectivity index (χ1) is 9.74. The van der Waals surface area contributed by atoms with Crippen LogP contribution in [0, 0.1) is 0 Å². The lowest BCUT2D eigenvalue weighted by atomic mass is 9.94. The Balaban J connectivity index is 2.11. The van der Waals surface area contributed by atoms with Crippen molar-refractivity contribution in [3.63, 3.8) is 0 Å². The summed E-state index contributed by atoms with van der Waals surface area (Å²) in [5.41, 5.74) is 8.63. The molecule has 20 heavy (non-hydrogen) atoms. The molecule has 3 N–H and O–H groups in total. The van der Waals surface area contributed by atoms with Gasteiger partial charge in [-0.1, -0.05) is 44.0 Å². The monoisotopic (exact) mass is 276 g/mol. The number of hydrogen-bond donors (Lipinski definition) is 2. The summed E-state index contributed by atoms with van der Waals surface area (Å²) in [7, 11) is 0. The van der Waals surface area contributed by atoms with Crippen LogP contribution in [-0.2, 0) is 13.2 Å². The van der Waals surface area contributed by atoms with Crippen molar-refractivity contribution >= 4 is 0 Å². The summed E-state index contributed by atoms with van der Waals surface area (Å²) in [6.07, 6.45) is 6.24. The molecule has 0 unspecified atom stereocenters. The van der Waals surface area contributed by atoms with Gasteiger partial charge >= 0.3 is 0 Å². The maximum absolute atomic E-state index is 9.12. The molecule has 1 aliphatic rings. The second-order valence-corrected chi connectivity index (χ2v) is 6.03. The number of benzene rings is 1. The maximum Gasteiger partial charge on any atom is 0.0681 e. The summed E-state index contributed by atoms with van der Waals surface area (Å²) < 4.78 is 0. The average Bonchev–Trinajstić information content (AvgIpc) is 2.98. The van der Waals surface area contributed by atoms with E-state index in [1.54, 1.807) is 0 Å². The fourth-order valence-corrected chi connectivity index (χ4v) is 3.41. The number of hydrogen-bond acceptors (Lipinski definition) is 3. The zero-order chi connectivity index (χ0) is 14.4. The molecule has 3 heteroatoms. The third kappa shape index (κ3) is 3.40. The molecule has 2 rings (SSSR count). The minimum atomic E-state index is 0.117. The molecule has 0 amide bonds. The largest absolute Gasteiger partial charge is 0.392 e. The van der Waals surface area contributed by atoms with Gasteiger partial charge in [0.05, 0.1) is 6.61 Å². The van der Waals surface area contributed by atoms with E-state index in [4.69, 9.17) is 10.8 Å². The van der Waals surface area contributed by atoms with Gasteiger partial charge in [0.1, 0.15) is 0 Å². The van der Waals surface area contributed by atoms with Crippen LogP contribution in [0.4, 0.5) is 0 Å². The van der Waals surface area contributed by atoms with Crippen LogP contribution in [0.15, 0.2) is 24.3 Å². The molecule has 1 aromatic rings. The van der Waals surface area contributed by atoms with Crippen molar-refractivity contribution in [2.45, 2.75) is 57.7 Å². The van der Waals surface area contributed by atoms with Gasteiger partial charge in [-0.25, -0.2) is 0 Å². The Hall–Kier alpha value is -0.900. The van der Waals surface area contributed by atoms with Crippen LogP contribution in [0.25, 0.3) is 0 Å². The number of nitrogens with two attached hydrogens (primary N) is 1. The van der Waals surface area contributed by atoms with Gasteiger partial charge in [0.15, 0.2) is 0 Å². The lowest BCUT2D eigenvalue weighted by Gasteiger charge is -2.41. The first-order valence-electron chi connectivity index (χ1n) is 7.88. The molecule has 0 heterocycles. The number of nitrogens with zero attached hydrogens (tertiary/aromatic N) is 1. The highest BCUT2D eigenvalue weighted by Crippen LogP contribution is 2.35.